The molecule has 0 saturated heterocycles. The van der Waals surface area contributed by atoms with Crippen LogP contribution in [-0.4, -0.2) is 7.11 Å². The van der Waals surface area contributed by atoms with Gasteiger partial charge < -0.3 is 10.5 Å². The summed E-state index contributed by atoms with van der Waals surface area (Å²) in [5.41, 5.74) is 8.62. The molecule has 1 aliphatic rings. The van der Waals surface area contributed by atoms with Crippen LogP contribution >= 0.6 is 0 Å². The lowest BCUT2D eigenvalue weighted by Gasteiger charge is -2.28. The van der Waals surface area contributed by atoms with Crippen LogP contribution in [0.25, 0.3) is 0 Å². The molecule has 1 aromatic carbocycles. The molecule has 0 amide bonds. The number of aryl methyl sites for hydroxylation is 1. The van der Waals surface area contributed by atoms with Crippen molar-refractivity contribution in [3.63, 3.8) is 0 Å². The summed E-state index contributed by atoms with van der Waals surface area (Å²) in [7, 11) is 1.72. The second-order valence-electron chi connectivity index (χ2n) is 4.88. The molecule has 0 spiro atoms. The first-order valence-electron chi connectivity index (χ1n) is 6.11. The molecule has 0 heterocycles. The normalized spacial score (nSPS) is 17.9. The Kier molecular flexibility index (Phi) is 3.49. The molecule has 88 valence electrons. The zero-order chi connectivity index (χ0) is 11.5. The molecule has 2 rings (SSSR count). The molecule has 2 heteroatoms. The van der Waals surface area contributed by atoms with E-state index in [-0.39, 0.29) is 6.04 Å². The molecular formula is C14H21NO. The van der Waals surface area contributed by atoms with Gasteiger partial charge in [-0.2, -0.15) is 0 Å². The third-order valence-corrected chi connectivity index (χ3v) is 3.60. The van der Waals surface area contributed by atoms with Gasteiger partial charge >= 0.3 is 0 Å². The van der Waals surface area contributed by atoms with Crippen molar-refractivity contribution in [1.82, 2.24) is 0 Å². The second-order valence-corrected chi connectivity index (χ2v) is 4.88. The monoisotopic (exact) mass is 219 g/mol. The van der Waals surface area contributed by atoms with Gasteiger partial charge in [0.1, 0.15) is 5.75 Å². The molecule has 1 saturated carbocycles. The molecule has 16 heavy (non-hydrogen) atoms. The van der Waals surface area contributed by atoms with Crippen LogP contribution in [-0.2, 0) is 0 Å². The smallest absolute Gasteiger partial charge is 0.123 e. The summed E-state index contributed by atoms with van der Waals surface area (Å²) < 4.78 is 5.40. The van der Waals surface area contributed by atoms with Gasteiger partial charge in [0, 0.05) is 11.6 Å². The Morgan fingerprint density at radius 3 is 2.75 bits per heavy atom. The Hall–Kier alpha value is -1.02. The molecule has 1 aliphatic carbocycles. The van der Waals surface area contributed by atoms with E-state index in [1.807, 2.05) is 0 Å². The minimum atomic E-state index is 0.126. The van der Waals surface area contributed by atoms with Crippen LogP contribution in [0.1, 0.15) is 42.9 Å². The number of hydrogen-bond acceptors (Lipinski definition) is 2. The average Bonchev–Trinajstić information content (AvgIpc) is 2.23. The fourth-order valence-corrected chi connectivity index (χ4v) is 2.34. The summed E-state index contributed by atoms with van der Waals surface area (Å²) in [4.78, 5) is 0. The van der Waals surface area contributed by atoms with Gasteiger partial charge in [-0.1, -0.05) is 31.4 Å². The molecule has 0 radical (unpaired) electrons. The quantitative estimate of drug-likeness (QED) is 0.844. The summed E-state index contributed by atoms with van der Waals surface area (Å²) >= 11 is 0. The summed E-state index contributed by atoms with van der Waals surface area (Å²) in [6, 6.07) is 6.41. The first-order valence-corrected chi connectivity index (χ1v) is 6.11. The van der Waals surface area contributed by atoms with E-state index in [9.17, 15) is 0 Å². The highest BCUT2D eigenvalue weighted by Gasteiger charge is 2.22. The van der Waals surface area contributed by atoms with Gasteiger partial charge in [-0.25, -0.2) is 0 Å². The maximum Gasteiger partial charge on any atom is 0.123 e. The van der Waals surface area contributed by atoms with E-state index in [1.165, 1.54) is 24.8 Å². The van der Waals surface area contributed by atoms with Crippen molar-refractivity contribution in [3.05, 3.63) is 29.3 Å². The van der Waals surface area contributed by atoms with Gasteiger partial charge in [-0.3, -0.25) is 0 Å². The number of benzene rings is 1. The number of rotatable bonds is 4. The van der Waals surface area contributed by atoms with Gasteiger partial charge in [-0.05, 0) is 30.9 Å². The fourth-order valence-electron chi connectivity index (χ4n) is 2.34. The van der Waals surface area contributed by atoms with Crippen LogP contribution in [0.15, 0.2) is 18.2 Å². The lowest BCUT2D eigenvalue weighted by molar-refractivity contribution is 0.275. The minimum absolute atomic E-state index is 0.126. The molecule has 1 atom stereocenters. The molecule has 1 unspecified atom stereocenters. The van der Waals surface area contributed by atoms with Crippen LogP contribution < -0.4 is 10.5 Å². The Morgan fingerprint density at radius 2 is 2.19 bits per heavy atom. The topological polar surface area (TPSA) is 35.2 Å². The van der Waals surface area contributed by atoms with Crippen LogP contribution in [0, 0.1) is 12.8 Å². The third-order valence-electron chi connectivity index (χ3n) is 3.60. The highest BCUT2D eigenvalue weighted by Crippen LogP contribution is 2.36. The Balaban J connectivity index is 2.11. The van der Waals surface area contributed by atoms with E-state index in [0.717, 1.165) is 23.7 Å². The molecule has 1 fully saturated rings. The molecule has 2 nitrogen and oxygen atoms in total. The van der Waals surface area contributed by atoms with Crippen LogP contribution in [0.4, 0.5) is 0 Å². The predicted molar refractivity (Wildman–Crippen MR) is 66.6 cm³/mol. The lowest BCUT2D eigenvalue weighted by atomic mass is 9.79. The molecule has 0 aromatic heterocycles. The highest BCUT2D eigenvalue weighted by molar-refractivity contribution is 5.39. The number of nitrogens with two attached hydrogens (primary N) is 1. The molecule has 1 aromatic rings. The van der Waals surface area contributed by atoms with Crippen LogP contribution in [0.5, 0.6) is 5.75 Å². The Labute approximate surface area is 97.8 Å². The fraction of sp³-hybridized carbons (Fsp3) is 0.571. The molecular weight excluding hydrogens is 198 g/mol. The van der Waals surface area contributed by atoms with E-state index in [4.69, 9.17) is 10.5 Å². The highest BCUT2D eigenvalue weighted by atomic mass is 16.5. The largest absolute Gasteiger partial charge is 0.496 e. The van der Waals surface area contributed by atoms with Gasteiger partial charge in [0.25, 0.3) is 0 Å². The molecule has 2 N–H and O–H groups in total. The summed E-state index contributed by atoms with van der Waals surface area (Å²) in [5, 5.41) is 0. The van der Waals surface area contributed by atoms with Gasteiger partial charge in [0.2, 0.25) is 0 Å². The van der Waals surface area contributed by atoms with E-state index in [0.29, 0.717) is 0 Å². The van der Waals surface area contributed by atoms with Crippen molar-refractivity contribution in [3.8, 4) is 5.75 Å². The lowest BCUT2D eigenvalue weighted by Crippen LogP contribution is -2.20. The van der Waals surface area contributed by atoms with Crippen molar-refractivity contribution in [2.45, 2.75) is 38.6 Å². The van der Waals surface area contributed by atoms with Crippen molar-refractivity contribution in [1.29, 1.82) is 0 Å². The maximum absolute atomic E-state index is 6.25. The SMILES string of the molecule is COc1cc(C)ccc1C(N)CC1CCC1. The standard InChI is InChI=1S/C14H21NO/c1-10-6-7-12(14(8-10)16-2)13(15)9-11-4-3-5-11/h6-8,11,13H,3-5,9,15H2,1-2H3. The number of ether oxygens (including phenoxy) is 1. The van der Waals surface area contributed by atoms with Crippen LogP contribution in [0.2, 0.25) is 0 Å². The zero-order valence-electron chi connectivity index (χ0n) is 10.2. The number of hydrogen-bond donors (Lipinski definition) is 1. The van der Waals surface area contributed by atoms with E-state index in [2.05, 4.69) is 25.1 Å². The van der Waals surface area contributed by atoms with Crippen molar-refractivity contribution < 1.29 is 4.74 Å². The van der Waals surface area contributed by atoms with E-state index >= 15 is 0 Å². The first kappa shape index (κ1) is 11.5. The number of methoxy groups -OCH3 is 1. The third kappa shape index (κ3) is 2.38. The summed E-state index contributed by atoms with van der Waals surface area (Å²) in [5.74, 6) is 1.77. The Bertz CT molecular complexity index is 358. The van der Waals surface area contributed by atoms with Gasteiger partial charge in [0.05, 0.1) is 7.11 Å². The minimum Gasteiger partial charge on any atom is -0.496 e. The first-order chi connectivity index (χ1) is 7.70. The van der Waals surface area contributed by atoms with Crippen molar-refractivity contribution in [2.24, 2.45) is 11.7 Å². The van der Waals surface area contributed by atoms with Crippen molar-refractivity contribution >= 4 is 0 Å². The van der Waals surface area contributed by atoms with E-state index in [1.54, 1.807) is 7.11 Å². The molecule has 0 aliphatic heterocycles. The summed E-state index contributed by atoms with van der Waals surface area (Å²) in [6.07, 6.45) is 5.17. The summed E-state index contributed by atoms with van der Waals surface area (Å²) in [6.45, 7) is 2.07. The van der Waals surface area contributed by atoms with Crippen molar-refractivity contribution in [2.75, 3.05) is 7.11 Å². The Morgan fingerprint density at radius 1 is 1.44 bits per heavy atom. The predicted octanol–water partition coefficient (Wildman–Crippen LogP) is 3.19. The van der Waals surface area contributed by atoms with Gasteiger partial charge in [0.15, 0.2) is 0 Å². The average molecular weight is 219 g/mol. The zero-order valence-corrected chi connectivity index (χ0v) is 10.2. The van der Waals surface area contributed by atoms with Crippen LogP contribution in [0.3, 0.4) is 0 Å². The van der Waals surface area contributed by atoms with Gasteiger partial charge in [-0.15, -0.1) is 0 Å². The maximum atomic E-state index is 6.25. The van der Waals surface area contributed by atoms with E-state index < -0.39 is 0 Å². The second kappa shape index (κ2) is 4.88. The molecule has 0 bridgehead atoms.